The minimum absolute atomic E-state index is 0.253. The molecule has 0 aliphatic carbocycles. The minimum atomic E-state index is -3.56. The van der Waals surface area contributed by atoms with Crippen molar-refractivity contribution in [2.24, 2.45) is 5.92 Å². The molecular weight excluding hydrogens is 312 g/mol. The Balaban J connectivity index is 2.79. The maximum atomic E-state index is 11.9. The van der Waals surface area contributed by atoms with Crippen LogP contribution in [0.2, 0.25) is 5.02 Å². The molecule has 0 unspecified atom stereocenters. The number of amides is 1. The standard InChI is InChI=1S/C14H21ClN2O3S/c1-11(2)7-8-16-14(18)10-17(21(3,19)20)13-6-4-5-12(15)9-13/h4-6,9,11H,7-8,10H2,1-3H3,(H,16,18). The van der Waals surface area contributed by atoms with E-state index in [-0.39, 0.29) is 12.5 Å². The summed E-state index contributed by atoms with van der Waals surface area (Å²) in [4.78, 5) is 11.9. The molecule has 7 heteroatoms. The first-order valence-electron chi connectivity index (χ1n) is 6.70. The molecule has 0 atom stereocenters. The highest BCUT2D eigenvalue weighted by Gasteiger charge is 2.20. The Bertz CT molecular complexity index is 588. The lowest BCUT2D eigenvalue weighted by molar-refractivity contribution is -0.119. The molecule has 21 heavy (non-hydrogen) atoms. The summed E-state index contributed by atoms with van der Waals surface area (Å²) in [5.74, 6) is 0.144. The van der Waals surface area contributed by atoms with Gasteiger partial charge in [-0.1, -0.05) is 31.5 Å². The number of carbonyl (C=O) groups excluding carboxylic acids is 1. The summed E-state index contributed by atoms with van der Waals surface area (Å²) in [6.45, 7) is 4.39. The molecule has 0 saturated heterocycles. The predicted molar refractivity (Wildman–Crippen MR) is 86.1 cm³/mol. The van der Waals surface area contributed by atoms with Gasteiger partial charge in [0.15, 0.2) is 0 Å². The minimum Gasteiger partial charge on any atom is -0.355 e. The fourth-order valence-corrected chi connectivity index (χ4v) is 2.75. The normalized spacial score (nSPS) is 11.5. The van der Waals surface area contributed by atoms with E-state index in [0.29, 0.717) is 23.2 Å². The molecule has 0 heterocycles. The zero-order chi connectivity index (χ0) is 16.0. The molecule has 0 radical (unpaired) electrons. The van der Waals surface area contributed by atoms with E-state index in [1.807, 2.05) is 0 Å². The molecule has 0 fully saturated rings. The molecule has 1 aromatic carbocycles. The second kappa shape index (κ2) is 7.66. The molecule has 0 aliphatic rings. The van der Waals surface area contributed by atoms with Crippen LogP contribution >= 0.6 is 11.6 Å². The molecular formula is C14H21ClN2O3S. The van der Waals surface area contributed by atoms with Gasteiger partial charge in [0.05, 0.1) is 11.9 Å². The highest BCUT2D eigenvalue weighted by Crippen LogP contribution is 2.21. The third kappa shape index (κ3) is 6.35. The summed E-state index contributed by atoms with van der Waals surface area (Å²) >= 11 is 5.87. The van der Waals surface area contributed by atoms with Gasteiger partial charge in [0.25, 0.3) is 0 Å². The average molecular weight is 333 g/mol. The molecule has 0 bridgehead atoms. The summed E-state index contributed by atoms with van der Waals surface area (Å²) in [6.07, 6.45) is 1.91. The van der Waals surface area contributed by atoms with Crippen LogP contribution in [0.25, 0.3) is 0 Å². The zero-order valence-electron chi connectivity index (χ0n) is 12.5. The Morgan fingerprint density at radius 1 is 1.38 bits per heavy atom. The van der Waals surface area contributed by atoms with Gasteiger partial charge in [-0.15, -0.1) is 0 Å². The molecule has 1 rings (SSSR count). The number of nitrogens with one attached hydrogen (secondary N) is 1. The molecule has 118 valence electrons. The van der Waals surface area contributed by atoms with Gasteiger partial charge in [0.2, 0.25) is 15.9 Å². The second-order valence-corrected chi connectivity index (χ2v) is 7.63. The maximum Gasteiger partial charge on any atom is 0.240 e. The van der Waals surface area contributed by atoms with E-state index < -0.39 is 10.0 Å². The Hall–Kier alpha value is -1.27. The molecule has 0 aromatic heterocycles. The lowest BCUT2D eigenvalue weighted by Crippen LogP contribution is -2.40. The first kappa shape index (κ1) is 17.8. The number of anilines is 1. The van der Waals surface area contributed by atoms with Crippen LogP contribution in [0.3, 0.4) is 0 Å². The molecule has 5 nitrogen and oxygen atoms in total. The van der Waals surface area contributed by atoms with E-state index in [1.165, 1.54) is 6.07 Å². The molecule has 1 N–H and O–H groups in total. The first-order chi connectivity index (χ1) is 9.70. The molecule has 0 aliphatic heterocycles. The van der Waals surface area contributed by atoms with E-state index in [4.69, 9.17) is 11.6 Å². The van der Waals surface area contributed by atoms with Crippen LogP contribution < -0.4 is 9.62 Å². The number of halogens is 1. The topological polar surface area (TPSA) is 66.5 Å². The number of hydrogen-bond donors (Lipinski definition) is 1. The van der Waals surface area contributed by atoms with Crippen LogP contribution in [0.4, 0.5) is 5.69 Å². The Kier molecular flexibility index (Phi) is 6.48. The van der Waals surface area contributed by atoms with Crippen molar-refractivity contribution >= 4 is 33.2 Å². The van der Waals surface area contributed by atoms with Gasteiger partial charge in [-0.2, -0.15) is 0 Å². The van der Waals surface area contributed by atoms with E-state index in [1.54, 1.807) is 18.2 Å². The molecule has 1 amide bonds. The highest BCUT2D eigenvalue weighted by atomic mass is 35.5. The fraction of sp³-hybridized carbons (Fsp3) is 0.500. The molecule has 0 saturated carbocycles. The average Bonchev–Trinajstić information content (AvgIpc) is 2.34. The third-order valence-corrected chi connectivity index (χ3v) is 4.20. The van der Waals surface area contributed by atoms with E-state index in [9.17, 15) is 13.2 Å². The Morgan fingerprint density at radius 2 is 2.05 bits per heavy atom. The van der Waals surface area contributed by atoms with Gasteiger partial charge in [0.1, 0.15) is 6.54 Å². The van der Waals surface area contributed by atoms with Crippen LogP contribution in [0.5, 0.6) is 0 Å². The summed E-state index contributed by atoms with van der Waals surface area (Å²) < 4.78 is 24.8. The third-order valence-electron chi connectivity index (χ3n) is 2.83. The number of sulfonamides is 1. The van der Waals surface area contributed by atoms with E-state index in [0.717, 1.165) is 17.0 Å². The van der Waals surface area contributed by atoms with Crippen LogP contribution in [-0.2, 0) is 14.8 Å². The number of hydrogen-bond acceptors (Lipinski definition) is 3. The number of benzene rings is 1. The van der Waals surface area contributed by atoms with Gasteiger partial charge < -0.3 is 5.32 Å². The summed E-state index contributed by atoms with van der Waals surface area (Å²) in [5, 5.41) is 3.14. The van der Waals surface area contributed by atoms with Crippen LogP contribution in [-0.4, -0.2) is 33.7 Å². The predicted octanol–water partition coefficient (Wildman–Crippen LogP) is 2.27. The van der Waals surface area contributed by atoms with Crippen molar-refractivity contribution in [1.82, 2.24) is 5.32 Å². The summed E-state index contributed by atoms with van der Waals surface area (Å²) in [6, 6.07) is 6.42. The van der Waals surface area contributed by atoms with Crippen molar-refractivity contribution in [3.63, 3.8) is 0 Å². The fourth-order valence-electron chi connectivity index (χ4n) is 1.72. The van der Waals surface area contributed by atoms with Crippen molar-refractivity contribution in [2.75, 3.05) is 23.7 Å². The largest absolute Gasteiger partial charge is 0.355 e. The van der Waals surface area contributed by atoms with Gasteiger partial charge in [-0.25, -0.2) is 8.42 Å². The maximum absolute atomic E-state index is 11.9. The van der Waals surface area contributed by atoms with E-state index >= 15 is 0 Å². The van der Waals surface area contributed by atoms with Crippen molar-refractivity contribution in [1.29, 1.82) is 0 Å². The van der Waals surface area contributed by atoms with Crippen molar-refractivity contribution in [2.45, 2.75) is 20.3 Å². The lowest BCUT2D eigenvalue weighted by Gasteiger charge is -2.22. The molecule has 1 aromatic rings. The Labute approximate surface area is 131 Å². The van der Waals surface area contributed by atoms with Crippen molar-refractivity contribution in [3.8, 4) is 0 Å². The van der Waals surface area contributed by atoms with Gasteiger partial charge >= 0.3 is 0 Å². The first-order valence-corrected chi connectivity index (χ1v) is 8.92. The van der Waals surface area contributed by atoms with Crippen molar-refractivity contribution < 1.29 is 13.2 Å². The van der Waals surface area contributed by atoms with Crippen LogP contribution in [0.1, 0.15) is 20.3 Å². The SMILES string of the molecule is CC(C)CCNC(=O)CN(c1cccc(Cl)c1)S(C)(=O)=O. The second-order valence-electron chi connectivity index (χ2n) is 5.28. The van der Waals surface area contributed by atoms with Crippen molar-refractivity contribution in [3.05, 3.63) is 29.3 Å². The number of carbonyl (C=O) groups is 1. The smallest absolute Gasteiger partial charge is 0.240 e. The van der Waals surface area contributed by atoms with Crippen LogP contribution in [0, 0.1) is 5.92 Å². The lowest BCUT2D eigenvalue weighted by atomic mass is 10.1. The zero-order valence-corrected chi connectivity index (χ0v) is 14.0. The number of rotatable bonds is 7. The quantitative estimate of drug-likeness (QED) is 0.833. The summed E-state index contributed by atoms with van der Waals surface area (Å²) in [7, 11) is -3.56. The van der Waals surface area contributed by atoms with Gasteiger partial charge in [-0.05, 0) is 30.5 Å². The van der Waals surface area contributed by atoms with E-state index in [2.05, 4.69) is 19.2 Å². The van der Waals surface area contributed by atoms with Gasteiger partial charge in [-0.3, -0.25) is 9.10 Å². The Morgan fingerprint density at radius 3 is 2.57 bits per heavy atom. The number of nitrogens with zero attached hydrogens (tertiary/aromatic N) is 1. The summed E-state index contributed by atoms with van der Waals surface area (Å²) in [5.41, 5.74) is 0.379. The monoisotopic (exact) mass is 332 g/mol. The highest BCUT2D eigenvalue weighted by molar-refractivity contribution is 7.92. The van der Waals surface area contributed by atoms with Crippen LogP contribution in [0.15, 0.2) is 24.3 Å². The van der Waals surface area contributed by atoms with Gasteiger partial charge in [0, 0.05) is 11.6 Å². The molecule has 0 spiro atoms.